The Morgan fingerprint density at radius 3 is 2.57 bits per heavy atom. The molecule has 1 atom stereocenters. The van der Waals surface area contributed by atoms with Gasteiger partial charge in [0, 0.05) is 17.8 Å². The van der Waals surface area contributed by atoms with E-state index in [1.165, 1.54) is 6.33 Å². The van der Waals surface area contributed by atoms with Crippen LogP contribution in [0.4, 0.5) is 17.3 Å². The number of hydrogen-bond donors (Lipinski definition) is 2. The molecule has 1 saturated heterocycles. The molecule has 1 aliphatic rings. The van der Waals surface area contributed by atoms with Crippen LogP contribution in [0.5, 0.6) is 0 Å². The van der Waals surface area contributed by atoms with Crippen LogP contribution in [0, 0.1) is 0 Å². The third-order valence-electron chi connectivity index (χ3n) is 3.44. The number of halogens is 2. The summed E-state index contributed by atoms with van der Waals surface area (Å²) >= 11 is 11.9. The van der Waals surface area contributed by atoms with Crippen molar-refractivity contribution >= 4 is 50.4 Å². The maximum Gasteiger partial charge on any atom is 0.152 e. The van der Waals surface area contributed by atoms with Crippen LogP contribution in [0.25, 0.3) is 0 Å². The quantitative estimate of drug-likeness (QED) is 0.857. The molecular weight excluding hydrogens is 359 g/mol. The van der Waals surface area contributed by atoms with E-state index in [4.69, 9.17) is 23.2 Å². The number of anilines is 3. The summed E-state index contributed by atoms with van der Waals surface area (Å²) in [5.74, 6) is 1.49. The summed E-state index contributed by atoms with van der Waals surface area (Å²) in [6.07, 6.45) is 1.99. The smallest absolute Gasteiger partial charge is 0.152 e. The predicted molar refractivity (Wildman–Crippen MR) is 92.5 cm³/mol. The molecule has 1 aromatic carbocycles. The molecule has 0 spiro atoms. The fourth-order valence-corrected chi connectivity index (χ4v) is 4.32. The molecule has 1 aromatic heterocycles. The number of aromatic nitrogens is 2. The van der Waals surface area contributed by atoms with Gasteiger partial charge in [0.15, 0.2) is 9.84 Å². The molecule has 23 heavy (non-hydrogen) atoms. The second kappa shape index (κ2) is 6.51. The van der Waals surface area contributed by atoms with Crippen molar-refractivity contribution in [2.75, 3.05) is 22.1 Å². The molecule has 2 N–H and O–H groups in total. The SMILES string of the molecule is O=S1(=O)CCC(Nc2cc(Nc3ccc(Cl)c(Cl)c3)ncn2)C1. The van der Waals surface area contributed by atoms with Gasteiger partial charge in [0.25, 0.3) is 0 Å². The second-order valence-corrected chi connectivity index (χ2v) is 8.33. The van der Waals surface area contributed by atoms with Crippen LogP contribution in [0.2, 0.25) is 10.0 Å². The summed E-state index contributed by atoms with van der Waals surface area (Å²) in [5, 5.41) is 7.15. The van der Waals surface area contributed by atoms with Crippen LogP contribution < -0.4 is 10.6 Å². The van der Waals surface area contributed by atoms with Crippen LogP contribution in [0.15, 0.2) is 30.6 Å². The molecule has 0 radical (unpaired) electrons. The molecule has 0 saturated carbocycles. The molecule has 1 aliphatic heterocycles. The van der Waals surface area contributed by atoms with Crippen molar-refractivity contribution in [1.82, 2.24) is 9.97 Å². The zero-order valence-electron chi connectivity index (χ0n) is 12.0. The van der Waals surface area contributed by atoms with Crippen LogP contribution >= 0.6 is 23.2 Å². The van der Waals surface area contributed by atoms with E-state index < -0.39 is 9.84 Å². The van der Waals surface area contributed by atoms with Gasteiger partial charge in [-0.1, -0.05) is 23.2 Å². The molecule has 2 aromatic rings. The van der Waals surface area contributed by atoms with E-state index in [9.17, 15) is 8.42 Å². The Morgan fingerprint density at radius 1 is 1.09 bits per heavy atom. The first kappa shape index (κ1) is 16.3. The Bertz CT molecular complexity index is 829. The lowest BCUT2D eigenvalue weighted by Crippen LogP contribution is -2.21. The molecule has 0 amide bonds. The van der Waals surface area contributed by atoms with Crippen molar-refractivity contribution in [3.05, 3.63) is 40.6 Å². The van der Waals surface area contributed by atoms with E-state index in [1.54, 1.807) is 24.3 Å². The lowest BCUT2D eigenvalue weighted by atomic mass is 10.2. The Morgan fingerprint density at radius 2 is 1.87 bits per heavy atom. The van der Waals surface area contributed by atoms with Gasteiger partial charge < -0.3 is 10.6 Å². The van der Waals surface area contributed by atoms with Crippen LogP contribution in [-0.2, 0) is 9.84 Å². The molecular formula is C14H14Cl2N4O2S. The van der Waals surface area contributed by atoms with Gasteiger partial charge in [0.05, 0.1) is 21.6 Å². The number of nitrogens with zero attached hydrogens (tertiary/aromatic N) is 2. The molecule has 9 heteroatoms. The van der Waals surface area contributed by atoms with Crippen LogP contribution in [0.1, 0.15) is 6.42 Å². The number of nitrogens with one attached hydrogen (secondary N) is 2. The zero-order valence-corrected chi connectivity index (χ0v) is 14.3. The van der Waals surface area contributed by atoms with Crippen molar-refractivity contribution < 1.29 is 8.42 Å². The molecule has 3 rings (SSSR count). The number of sulfone groups is 1. The monoisotopic (exact) mass is 372 g/mol. The largest absolute Gasteiger partial charge is 0.366 e. The average Bonchev–Trinajstić information content (AvgIpc) is 2.82. The Labute approximate surface area is 144 Å². The molecule has 1 unspecified atom stereocenters. The Hall–Kier alpha value is -1.57. The standard InChI is InChI=1S/C14H14Cl2N4O2S/c15-11-2-1-9(5-12(11)16)19-13-6-14(18-8-17-13)20-10-3-4-23(21,22)7-10/h1-2,5-6,8,10H,3-4,7H2,(H2,17,18,19,20). The first-order chi connectivity index (χ1) is 10.9. The third kappa shape index (κ3) is 4.25. The van der Waals surface area contributed by atoms with Gasteiger partial charge in [0.2, 0.25) is 0 Å². The fourth-order valence-electron chi connectivity index (χ4n) is 2.34. The maximum absolute atomic E-state index is 11.5. The van der Waals surface area contributed by atoms with E-state index in [1.807, 2.05) is 0 Å². The molecule has 2 heterocycles. The van der Waals surface area contributed by atoms with Gasteiger partial charge in [-0.25, -0.2) is 18.4 Å². The summed E-state index contributed by atoms with van der Waals surface area (Å²) in [7, 11) is -2.93. The lowest BCUT2D eigenvalue weighted by Gasteiger charge is -2.12. The molecule has 6 nitrogen and oxygen atoms in total. The zero-order chi connectivity index (χ0) is 16.4. The molecule has 0 aliphatic carbocycles. The minimum absolute atomic E-state index is 0.118. The number of hydrogen-bond acceptors (Lipinski definition) is 6. The van der Waals surface area contributed by atoms with Crippen molar-refractivity contribution in [2.45, 2.75) is 12.5 Å². The first-order valence-corrected chi connectivity index (χ1v) is 9.50. The van der Waals surface area contributed by atoms with E-state index in [0.717, 1.165) is 5.69 Å². The van der Waals surface area contributed by atoms with E-state index in [-0.39, 0.29) is 17.5 Å². The van der Waals surface area contributed by atoms with Gasteiger partial charge in [-0.3, -0.25) is 0 Å². The van der Waals surface area contributed by atoms with Gasteiger partial charge in [-0.2, -0.15) is 0 Å². The third-order valence-corrected chi connectivity index (χ3v) is 5.95. The summed E-state index contributed by atoms with van der Waals surface area (Å²) < 4.78 is 23.0. The molecule has 1 fully saturated rings. The number of benzene rings is 1. The van der Waals surface area contributed by atoms with Crippen molar-refractivity contribution in [3.63, 3.8) is 0 Å². The van der Waals surface area contributed by atoms with Crippen molar-refractivity contribution in [1.29, 1.82) is 0 Å². The summed E-state index contributed by atoms with van der Waals surface area (Å²) in [6.45, 7) is 0. The summed E-state index contributed by atoms with van der Waals surface area (Å²) in [6, 6.07) is 6.77. The predicted octanol–water partition coefficient (Wildman–Crippen LogP) is 3.13. The minimum Gasteiger partial charge on any atom is -0.366 e. The Kier molecular flexibility index (Phi) is 4.61. The molecule has 0 bridgehead atoms. The molecule has 122 valence electrons. The second-order valence-electron chi connectivity index (χ2n) is 5.29. The number of rotatable bonds is 4. The van der Waals surface area contributed by atoms with E-state index in [0.29, 0.717) is 28.1 Å². The van der Waals surface area contributed by atoms with Gasteiger partial charge in [-0.15, -0.1) is 0 Å². The minimum atomic E-state index is -2.93. The van der Waals surface area contributed by atoms with Gasteiger partial charge in [0.1, 0.15) is 18.0 Å². The van der Waals surface area contributed by atoms with Gasteiger partial charge >= 0.3 is 0 Å². The fraction of sp³-hybridized carbons (Fsp3) is 0.286. The van der Waals surface area contributed by atoms with E-state index >= 15 is 0 Å². The van der Waals surface area contributed by atoms with Crippen LogP contribution in [0.3, 0.4) is 0 Å². The summed E-state index contributed by atoms with van der Waals surface area (Å²) in [4.78, 5) is 8.25. The highest BCUT2D eigenvalue weighted by molar-refractivity contribution is 7.91. The topological polar surface area (TPSA) is 84.0 Å². The first-order valence-electron chi connectivity index (χ1n) is 6.92. The highest BCUT2D eigenvalue weighted by Crippen LogP contribution is 2.27. The summed E-state index contributed by atoms with van der Waals surface area (Å²) in [5.41, 5.74) is 0.743. The van der Waals surface area contributed by atoms with Crippen molar-refractivity contribution in [2.24, 2.45) is 0 Å². The van der Waals surface area contributed by atoms with E-state index in [2.05, 4.69) is 20.6 Å². The van der Waals surface area contributed by atoms with Crippen molar-refractivity contribution in [3.8, 4) is 0 Å². The van der Waals surface area contributed by atoms with Gasteiger partial charge in [-0.05, 0) is 24.6 Å². The lowest BCUT2D eigenvalue weighted by molar-refractivity contribution is 0.602. The average molecular weight is 373 g/mol. The highest BCUT2D eigenvalue weighted by atomic mass is 35.5. The Balaban J connectivity index is 1.71. The normalized spacial score (nSPS) is 19.5. The highest BCUT2D eigenvalue weighted by Gasteiger charge is 2.27. The van der Waals surface area contributed by atoms with Crippen LogP contribution in [-0.4, -0.2) is 35.9 Å². The maximum atomic E-state index is 11.5.